The minimum Gasteiger partial charge on any atom is -0.507 e. The van der Waals surface area contributed by atoms with Crippen molar-refractivity contribution < 1.29 is 72.1 Å². The van der Waals surface area contributed by atoms with E-state index in [-0.39, 0.29) is 82.3 Å². The molecule has 9 rings (SSSR count). The van der Waals surface area contributed by atoms with Crippen molar-refractivity contribution in [1.29, 1.82) is 0 Å². The Morgan fingerprint density at radius 3 is 2.28 bits per heavy atom. The highest BCUT2D eigenvalue weighted by atomic mass is 16.7. The van der Waals surface area contributed by atoms with Crippen LogP contribution in [0, 0.1) is 0 Å². The summed E-state index contributed by atoms with van der Waals surface area (Å²) in [4.78, 5) is 66.3. The molecule has 0 unspecified atom stereocenters. The largest absolute Gasteiger partial charge is 0.507 e. The molecule has 7 aliphatic rings. The molecule has 2 aliphatic carbocycles. The van der Waals surface area contributed by atoms with Crippen molar-refractivity contribution in [3.63, 3.8) is 0 Å². The van der Waals surface area contributed by atoms with E-state index in [1.165, 1.54) is 24.3 Å². The van der Waals surface area contributed by atoms with Gasteiger partial charge >= 0.3 is 0 Å². The number of phenols is 2. The fraction of sp³-hybridized carbons (Fsp3) is 0.558. The zero-order valence-electron chi connectivity index (χ0n) is 32.8. The Balaban J connectivity index is 0.919. The lowest BCUT2D eigenvalue weighted by atomic mass is 9.74. The molecule has 0 saturated carbocycles. The predicted octanol–water partition coefficient (Wildman–Crippen LogP) is 4.26. The summed E-state index contributed by atoms with van der Waals surface area (Å²) < 4.78 is 48.8. The molecule has 0 aromatic heterocycles. The SMILES string of the molecule is C[C@@H]1O[C@@H](O[C@H]2CC[C@H](O[C@@]3(C)CC(=O)c4cc5c(c(O)c4C3)C(=O)c3ccc([C@H]4C[C@@H]6O[C@H]7CC(=O)[C@@H](C)O[C@H]7O[C@@H]6[C@@H](C)O4)c(O)c3C5=O)O[C@H]2C)C=CC1=O. The number of hydrogen-bond acceptors (Lipinski definition) is 15. The van der Waals surface area contributed by atoms with Gasteiger partial charge < -0.3 is 48.1 Å². The van der Waals surface area contributed by atoms with Crippen molar-refractivity contribution in [1.82, 2.24) is 0 Å². The second-order valence-electron chi connectivity index (χ2n) is 16.7. The zero-order valence-corrected chi connectivity index (χ0v) is 32.8. The van der Waals surface area contributed by atoms with Crippen LogP contribution >= 0.6 is 0 Å². The molecule has 0 spiro atoms. The summed E-state index contributed by atoms with van der Waals surface area (Å²) in [5, 5.41) is 23.4. The number of hydrogen-bond donors (Lipinski definition) is 2. The molecule has 4 fully saturated rings. The predicted molar refractivity (Wildman–Crippen MR) is 198 cm³/mol. The van der Waals surface area contributed by atoms with Crippen LogP contribution in [0.15, 0.2) is 30.4 Å². The number of benzene rings is 2. The van der Waals surface area contributed by atoms with E-state index >= 15 is 0 Å². The topological polar surface area (TPSA) is 200 Å². The molecule has 13 atom stereocenters. The molecule has 58 heavy (non-hydrogen) atoms. The van der Waals surface area contributed by atoms with Gasteiger partial charge in [-0.25, -0.2) is 0 Å². The molecule has 2 aromatic rings. The third kappa shape index (κ3) is 6.65. The molecule has 5 heterocycles. The van der Waals surface area contributed by atoms with Crippen molar-refractivity contribution in [3.05, 3.63) is 69.3 Å². The van der Waals surface area contributed by atoms with Crippen LogP contribution in [0.3, 0.4) is 0 Å². The summed E-state index contributed by atoms with van der Waals surface area (Å²) in [6.07, 6.45) is -2.57. The first-order valence-electron chi connectivity index (χ1n) is 20.0. The van der Waals surface area contributed by atoms with E-state index in [2.05, 4.69) is 0 Å². The van der Waals surface area contributed by atoms with Gasteiger partial charge in [-0.2, -0.15) is 0 Å². The number of ketones is 5. The number of aromatic hydroxyl groups is 2. The van der Waals surface area contributed by atoms with Crippen molar-refractivity contribution in [2.45, 2.75) is 153 Å². The highest BCUT2D eigenvalue weighted by molar-refractivity contribution is 6.31. The van der Waals surface area contributed by atoms with Crippen LogP contribution in [0.4, 0.5) is 0 Å². The van der Waals surface area contributed by atoms with Crippen LogP contribution in [0.2, 0.25) is 0 Å². The van der Waals surface area contributed by atoms with Crippen LogP contribution in [0.1, 0.15) is 126 Å². The molecular formula is C43H46O15. The summed E-state index contributed by atoms with van der Waals surface area (Å²) >= 11 is 0. The van der Waals surface area contributed by atoms with Crippen LogP contribution in [-0.4, -0.2) is 112 Å². The molecule has 2 N–H and O–H groups in total. The van der Waals surface area contributed by atoms with E-state index in [0.29, 0.717) is 12.8 Å². The molecule has 5 aliphatic heterocycles. The lowest BCUT2D eigenvalue weighted by Gasteiger charge is -2.49. The summed E-state index contributed by atoms with van der Waals surface area (Å²) in [7, 11) is 0. The van der Waals surface area contributed by atoms with Gasteiger partial charge in [-0.15, -0.1) is 0 Å². The second kappa shape index (κ2) is 14.5. The summed E-state index contributed by atoms with van der Waals surface area (Å²) in [5.74, 6) is -2.93. The molecule has 0 bridgehead atoms. The Bertz CT molecular complexity index is 2140. The van der Waals surface area contributed by atoms with Crippen molar-refractivity contribution in [2.24, 2.45) is 0 Å². The first-order chi connectivity index (χ1) is 27.6. The Morgan fingerprint density at radius 2 is 1.52 bits per heavy atom. The van der Waals surface area contributed by atoms with Gasteiger partial charge in [0.25, 0.3) is 0 Å². The lowest BCUT2D eigenvalue weighted by Crippen LogP contribution is -2.60. The maximum atomic E-state index is 14.2. The monoisotopic (exact) mass is 802 g/mol. The lowest BCUT2D eigenvalue weighted by molar-refractivity contribution is -0.347. The first kappa shape index (κ1) is 39.3. The molecule has 0 amide bonds. The third-order valence-corrected chi connectivity index (χ3v) is 12.5. The van der Waals surface area contributed by atoms with Gasteiger partial charge in [0.15, 0.2) is 47.8 Å². The first-order valence-corrected chi connectivity index (χ1v) is 20.0. The fourth-order valence-corrected chi connectivity index (χ4v) is 9.45. The van der Waals surface area contributed by atoms with Gasteiger partial charge in [0, 0.05) is 59.9 Å². The molecule has 2 aromatic carbocycles. The number of carbonyl (C=O) groups excluding carboxylic acids is 5. The minimum absolute atomic E-state index is 0.0541. The van der Waals surface area contributed by atoms with Crippen molar-refractivity contribution in [2.75, 3.05) is 0 Å². The second-order valence-corrected chi connectivity index (χ2v) is 16.7. The Kier molecular flexibility index (Phi) is 9.83. The van der Waals surface area contributed by atoms with Crippen molar-refractivity contribution >= 4 is 28.9 Å². The number of fused-ring (bicyclic) bond motifs is 5. The Labute approximate surface area is 333 Å². The quantitative estimate of drug-likeness (QED) is 0.371. The van der Waals surface area contributed by atoms with E-state index in [1.807, 2.05) is 6.92 Å². The van der Waals surface area contributed by atoms with Gasteiger partial charge in [0.1, 0.15) is 35.9 Å². The normalized spacial score (nSPS) is 38.4. The third-order valence-electron chi connectivity index (χ3n) is 12.5. The van der Waals surface area contributed by atoms with Gasteiger partial charge in [-0.3, -0.25) is 24.0 Å². The fourth-order valence-electron chi connectivity index (χ4n) is 9.45. The number of carbonyl (C=O) groups is 5. The number of rotatable bonds is 5. The highest BCUT2D eigenvalue weighted by Crippen LogP contribution is 2.48. The number of Topliss-reactive ketones (excluding diaryl/α,β-unsaturated/α-hetero) is 2. The van der Waals surface area contributed by atoms with Crippen LogP contribution in [-0.2, 0) is 53.9 Å². The molecule has 4 saturated heterocycles. The van der Waals surface area contributed by atoms with Crippen LogP contribution in [0.25, 0.3) is 0 Å². The molecule has 15 heteroatoms. The van der Waals surface area contributed by atoms with Crippen LogP contribution in [0.5, 0.6) is 11.5 Å². The number of phenolic OH excluding ortho intramolecular Hbond substituents is 2. The average Bonchev–Trinajstić information content (AvgIpc) is 3.16. The maximum Gasteiger partial charge on any atom is 0.198 e. The zero-order chi connectivity index (χ0) is 40.9. The number of ether oxygens (including phenoxy) is 8. The molecular weight excluding hydrogens is 756 g/mol. The maximum absolute atomic E-state index is 14.2. The Morgan fingerprint density at radius 1 is 0.759 bits per heavy atom. The van der Waals surface area contributed by atoms with E-state index in [4.69, 9.17) is 37.9 Å². The summed E-state index contributed by atoms with van der Waals surface area (Å²) in [6, 6.07) is 4.29. The van der Waals surface area contributed by atoms with Gasteiger partial charge in [0.2, 0.25) is 0 Å². The smallest absolute Gasteiger partial charge is 0.198 e. The standard InChI is InChI=1S/C43H46O15/c1-17-26(44)8-10-33(52-17)56-29-9-11-34(53-19(29)3)58-43(5)15-25-23(28(46)16-43)12-24-36(40(25)50)38(48)22-7-6-21(37(47)35(22)39(24)49)30-14-31-41(20(4)51-30)57-42-32(55-31)13-27(45)18(2)54-42/h6-8,10,12,17-20,29-34,41-42,47,50H,9,11,13-16H2,1-5H3/t17-,18+,19-,20+,29-,30+,31-,32-,33-,34-,41+,42-,43+/m0/s1. The van der Waals surface area contributed by atoms with Gasteiger partial charge in [0.05, 0.1) is 47.2 Å². The van der Waals surface area contributed by atoms with E-state index in [9.17, 15) is 34.2 Å². The summed E-state index contributed by atoms with van der Waals surface area (Å²) in [5.41, 5.74) is -1.34. The van der Waals surface area contributed by atoms with Gasteiger partial charge in [-0.05, 0) is 65.3 Å². The average molecular weight is 803 g/mol. The minimum atomic E-state index is -1.12. The Hall–Kier alpha value is -4.19. The van der Waals surface area contributed by atoms with Crippen molar-refractivity contribution in [3.8, 4) is 11.5 Å². The molecule has 0 radical (unpaired) electrons. The van der Waals surface area contributed by atoms with E-state index in [0.717, 1.165) is 0 Å². The highest BCUT2D eigenvalue weighted by Gasteiger charge is 2.51. The van der Waals surface area contributed by atoms with E-state index < -0.39 is 102 Å². The van der Waals surface area contributed by atoms with Gasteiger partial charge in [-0.1, -0.05) is 6.07 Å². The van der Waals surface area contributed by atoms with E-state index in [1.54, 1.807) is 33.8 Å². The molecule has 15 nitrogen and oxygen atoms in total. The molecule has 308 valence electrons. The van der Waals surface area contributed by atoms with Crippen LogP contribution < -0.4 is 0 Å². The summed E-state index contributed by atoms with van der Waals surface area (Å²) in [6.45, 7) is 8.72.